The molecule has 0 spiro atoms. The van der Waals surface area contributed by atoms with Gasteiger partial charge in [0.1, 0.15) is 12.6 Å². The Morgan fingerprint density at radius 2 is 1.80 bits per heavy atom. The lowest BCUT2D eigenvalue weighted by atomic mass is 9.85. The number of benzene rings is 2. The van der Waals surface area contributed by atoms with Crippen molar-refractivity contribution in [1.82, 2.24) is 24.4 Å². The molecule has 1 aliphatic carbocycles. The number of aliphatic hydroxyl groups excluding tert-OH is 1. The van der Waals surface area contributed by atoms with Crippen LogP contribution in [0.25, 0.3) is 0 Å². The van der Waals surface area contributed by atoms with E-state index in [2.05, 4.69) is 15.5 Å². The molecule has 54 heavy (non-hydrogen) atoms. The fourth-order valence-electron chi connectivity index (χ4n) is 6.72. The molecule has 0 bridgehead atoms. The summed E-state index contributed by atoms with van der Waals surface area (Å²) in [6, 6.07) is 13.1. The van der Waals surface area contributed by atoms with Crippen LogP contribution in [-0.2, 0) is 34.3 Å². The second-order valence-corrected chi connectivity index (χ2v) is 16.9. The Labute approximate surface area is 320 Å². The van der Waals surface area contributed by atoms with Crippen molar-refractivity contribution in [3.8, 4) is 0 Å². The highest BCUT2D eigenvalue weighted by Crippen LogP contribution is 2.30. The summed E-state index contributed by atoms with van der Waals surface area (Å²) in [5.74, 6) is -0.571. The molecule has 4 atom stereocenters. The van der Waals surface area contributed by atoms with Crippen molar-refractivity contribution in [2.45, 2.75) is 82.1 Å². The molecular formula is C37H49N7O8S2. The van der Waals surface area contributed by atoms with Crippen LogP contribution in [0.2, 0.25) is 0 Å². The van der Waals surface area contributed by atoms with Gasteiger partial charge in [-0.1, -0.05) is 74.3 Å². The van der Waals surface area contributed by atoms with Gasteiger partial charge >= 0.3 is 12.1 Å². The molecule has 1 aromatic heterocycles. The fraction of sp³-hybridized carbons (Fsp3) is 0.514. The number of rotatable bonds is 19. The topological polar surface area (TPSA) is 193 Å². The van der Waals surface area contributed by atoms with Gasteiger partial charge in [-0.25, -0.2) is 23.0 Å². The highest BCUT2D eigenvalue weighted by atomic mass is 32.2. The third-order valence-corrected chi connectivity index (χ3v) is 13.2. The molecule has 2 heterocycles. The van der Waals surface area contributed by atoms with Gasteiger partial charge < -0.3 is 25.3 Å². The van der Waals surface area contributed by atoms with Crippen LogP contribution in [0.3, 0.4) is 0 Å². The number of hydrogen-bond acceptors (Lipinski definition) is 10. The van der Waals surface area contributed by atoms with E-state index in [1.807, 2.05) is 44.2 Å². The van der Waals surface area contributed by atoms with E-state index < -0.39 is 40.2 Å². The average molecular weight is 784 g/mol. The summed E-state index contributed by atoms with van der Waals surface area (Å²) in [6.07, 6.45) is 1.08. The summed E-state index contributed by atoms with van der Waals surface area (Å²) in [6.45, 7) is 4.43. The van der Waals surface area contributed by atoms with E-state index in [1.165, 1.54) is 28.4 Å². The summed E-state index contributed by atoms with van der Waals surface area (Å²) >= 11 is 1.15. The molecule has 1 saturated carbocycles. The molecule has 0 radical (unpaired) electrons. The highest BCUT2D eigenvalue weighted by Gasteiger charge is 2.41. The zero-order chi connectivity index (χ0) is 39.0. The number of aromatic nitrogens is 1. The Bertz CT molecular complexity index is 1860. The van der Waals surface area contributed by atoms with Gasteiger partial charge in [0.2, 0.25) is 15.9 Å². The summed E-state index contributed by atoms with van der Waals surface area (Å²) in [5.41, 5.74) is 1.94. The minimum absolute atomic E-state index is 0.0315. The van der Waals surface area contributed by atoms with Crippen molar-refractivity contribution in [1.29, 1.82) is 0 Å². The third kappa shape index (κ3) is 9.80. The Kier molecular flexibility index (Phi) is 13.8. The minimum atomic E-state index is -4.07. The predicted octanol–water partition coefficient (Wildman–Crippen LogP) is 4.76. The van der Waals surface area contributed by atoms with Crippen molar-refractivity contribution in [2.24, 2.45) is 17.0 Å². The van der Waals surface area contributed by atoms with Gasteiger partial charge in [0.15, 0.2) is 5.13 Å². The fourth-order valence-corrected chi connectivity index (χ4v) is 9.03. The van der Waals surface area contributed by atoms with E-state index in [-0.39, 0.29) is 67.0 Å². The number of nitrogens with one attached hydrogen (secondary N) is 1. The smallest absolute Gasteiger partial charge is 0.413 e. The number of carbonyl (C=O) groups excluding carboxylic acids is 2. The number of urea groups is 1. The van der Waals surface area contributed by atoms with E-state index >= 15 is 0 Å². The summed E-state index contributed by atoms with van der Waals surface area (Å²) < 4.78 is 29.4. The molecule has 2 fully saturated rings. The minimum Gasteiger partial charge on any atom is -0.465 e. The van der Waals surface area contributed by atoms with Gasteiger partial charge in [-0.15, -0.1) is 11.3 Å². The van der Waals surface area contributed by atoms with E-state index in [0.717, 1.165) is 41.1 Å². The lowest BCUT2D eigenvalue weighted by Crippen LogP contribution is -2.57. The summed E-state index contributed by atoms with van der Waals surface area (Å²) in [5, 5.41) is 29.1. The first-order valence-corrected chi connectivity index (χ1v) is 20.5. The Balaban J connectivity index is 1.36. The summed E-state index contributed by atoms with van der Waals surface area (Å²) in [4.78, 5) is 58.8. The number of nitroso groups, excluding NO2 is 1. The number of aliphatic hydroxyl groups is 1. The van der Waals surface area contributed by atoms with Crippen LogP contribution in [0, 0.1) is 16.7 Å². The predicted molar refractivity (Wildman–Crippen MR) is 204 cm³/mol. The Hall–Kier alpha value is -4.45. The maximum Gasteiger partial charge on any atom is 0.413 e. The van der Waals surface area contributed by atoms with Crippen LogP contribution in [0.1, 0.15) is 56.4 Å². The maximum atomic E-state index is 14.3. The van der Waals surface area contributed by atoms with Gasteiger partial charge in [0.25, 0.3) is 0 Å². The molecule has 0 unspecified atom stereocenters. The number of anilines is 1. The molecule has 1 aliphatic heterocycles. The molecule has 2 aromatic carbocycles. The van der Waals surface area contributed by atoms with Crippen LogP contribution in [0.5, 0.6) is 0 Å². The molecular weight excluding hydrogens is 735 g/mol. The molecule has 15 nitrogen and oxygen atoms in total. The zero-order valence-electron chi connectivity index (χ0n) is 30.8. The molecule has 292 valence electrons. The van der Waals surface area contributed by atoms with Crippen LogP contribution < -0.4 is 10.2 Å². The number of sulfonamides is 1. The summed E-state index contributed by atoms with van der Waals surface area (Å²) in [7, 11) is -2.68. The van der Waals surface area contributed by atoms with Crippen LogP contribution >= 0.6 is 11.3 Å². The number of carboxylic acid groups (broad SMARTS) is 1. The van der Waals surface area contributed by atoms with Gasteiger partial charge in [0.05, 0.1) is 29.3 Å². The normalized spacial score (nSPS) is 17.2. The lowest BCUT2D eigenvalue weighted by Gasteiger charge is -2.36. The monoisotopic (exact) mass is 783 g/mol. The van der Waals surface area contributed by atoms with Crippen LogP contribution in [0.4, 0.5) is 14.7 Å². The first-order chi connectivity index (χ1) is 25.8. The number of hydrogen-bond donors (Lipinski definition) is 3. The maximum absolute atomic E-state index is 14.3. The molecule has 3 N–H and O–H groups in total. The second kappa shape index (κ2) is 18.3. The standard InChI is InChI=1S/C37H49N7O8S2/c1-4-25(2)33(44-18-17-42(36(44)47)22-29-24-53-35(39-29)41(3)37(48)49)34(46)40-31(19-26-9-6-5-7-10-26)32(45)23-43(21-28-11-8-12-28)54(51,52)30-15-13-27(14-16-30)20-38-50/h5-7,9-10,13-16,24-25,28,31-33,45H,4,8,11-12,17-23H2,1-3H3,(H,40,46)(H,48,49)/t25-,31-,32+,33-/m0/s1. The molecule has 4 amide bonds. The first kappa shape index (κ1) is 40.7. The average Bonchev–Trinajstić information content (AvgIpc) is 3.75. The number of carbonyl (C=O) groups is 3. The molecule has 17 heteroatoms. The Morgan fingerprint density at radius 1 is 1.09 bits per heavy atom. The van der Waals surface area contributed by atoms with Crippen molar-refractivity contribution >= 4 is 44.5 Å². The SMILES string of the molecule is CC[C@H](C)[C@@H](C(=O)N[C@@H](Cc1ccccc1)[C@H](O)CN(CC1CCC1)S(=O)(=O)c1ccc(CN=O)cc1)N1CCN(Cc2csc(N(C)C(=O)O)n2)C1=O. The molecule has 1 saturated heterocycles. The molecule has 5 rings (SSSR count). The zero-order valence-corrected chi connectivity index (χ0v) is 32.4. The van der Waals surface area contributed by atoms with Crippen LogP contribution in [0.15, 0.2) is 70.0 Å². The van der Waals surface area contributed by atoms with Crippen molar-refractivity contribution in [2.75, 3.05) is 38.1 Å². The first-order valence-electron chi connectivity index (χ1n) is 18.2. The van der Waals surface area contributed by atoms with E-state index in [4.69, 9.17) is 0 Å². The second-order valence-electron chi connectivity index (χ2n) is 14.1. The van der Waals surface area contributed by atoms with Crippen molar-refractivity contribution < 1.29 is 33.0 Å². The van der Waals surface area contributed by atoms with Gasteiger partial charge in [-0.05, 0) is 54.4 Å². The van der Waals surface area contributed by atoms with Gasteiger partial charge in [-0.2, -0.15) is 9.21 Å². The molecule has 3 aromatic rings. The van der Waals surface area contributed by atoms with Gasteiger partial charge in [-0.3, -0.25) is 9.69 Å². The van der Waals surface area contributed by atoms with E-state index in [1.54, 1.807) is 22.4 Å². The van der Waals surface area contributed by atoms with E-state index in [0.29, 0.717) is 24.2 Å². The number of nitrogens with zero attached hydrogens (tertiary/aromatic N) is 6. The van der Waals surface area contributed by atoms with Crippen molar-refractivity contribution in [3.63, 3.8) is 0 Å². The lowest BCUT2D eigenvalue weighted by molar-refractivity contribution is -0.128. The number of amides is 4. The third-order valence-electron chi connectivity index (χ3n) is 10.4. The van der Waals surface area contributed by atoms with Crippen molar-refractivity contribution in [3.05, 3.63) is 81.7 Å². The molecule has 2 aliphatic rings. The van der Waals surface area contributed by atoms with Crippen LogP contribution in [-0.4, -0.2) is 107 Å². The van der Waals surface area contributed by atoms with Gasteiger partial charge in [0, 0.05) is 38.6 Å². The highest BCUT2D eigenvalue weighted by molar-refractivity contribution is 7.89. The van der Waals surface area contributed by atoms with E-state index in [9.17, 15) is 37.9 Å². The largest absolute Gasteiger partial charge is 0.465 e. The Morgan fingerprint density at radius 3 is 2.41 bits per heavy atom. The quantitative estimate of drug-likeness (QED) is 0.144. The number of thiazole rings is 1.